The zero-order chi connectivity index (χ0) is 15.4. The van der Waals surface area contributed by atoms with E-state index in [4.69, 9.17) is 4.42 Å². The molecule has 0 saturated carbocycles. The van der Waals surface area contributed by atoms with E-state index in [2.05, 4.69) is 20.6 Å². The van der Waals surface area contributed by atoms with Gasteiger partial charge in [0.2, 0.25) is 11.6 Å². The van der Waals surface area contributed by atoms with Gasteiger partial charge in [0, 0.05) is 18.1 Å². The first-order chi connectivity index (χ1) is 10.7. The van der Waals surface area contributed by atoms with E-state index in [-0.39, 0.29) is 17.3 Å². The second-order valence-corrected chi connectivity index (χ2v) is 4.57. The normalized spacial score (nSPS) is 11.5. The molecule has 0 spiro atoms. The van der Waals surface area contributed by atoms with E-state index in [1.54, 1.807) is 6.07 Å². The van der Waals surface area contributed by atoms with Crippen LogP contribution in [0.25, 0.3) is 5.76 Å². The fourth-order valence-corrected chi connectivity index (χ4v) is 2.03. The number of rotatable bonds is 5. The molecule has 2 N–H and O–H groups in total. The molecule has 0 aliphatic rings. The number of hydrogen-bond acceptors (Lipinski definition) is 6. The van der Waals surface area contributed by atoms with Crippen LogP contribution in [0, 0.1) is 0 Å². The van der Waals surface area contributed by atoms with E-state index in [1.807, 2.05) is 30.3 Å². The molecule has 0 atom stereocenters. The van der Waals surface area contributed by atoms with Crippen LogP contribution in [-0.2, 0) is 6.42 Å². The number of tetrazole rings is 1. The van der Waals surface area contributed by atoms with Gasteiger partial charge in [0.25, 0.3) is 0 Å². The van der Waals surface area contributed by atoms with Gasteiger partial charge in [-0.3, -0.25) is 4.79 Å². The van der Waals surface area contributed by atoms with Gasteiger partial charge >= 0.3 is 0 Å². The van der Waals surface area contributed by atoms with Crippen LogP contribution in [0.5, 0.6) is 0 Å². The van der Waals surface area contributed by atoms with Crippen molar-refractivity contribution in [3.63, 3.8) is 0 Å². The predicted molar refractivity (Wildman–Crippen MR) is 77.1 cm³/mol. The van der Waals surface area contributed by atoms with Crippen LogP contribution in [-0.4, -0.2) is 31.5 Å². The Hall–Kier alpha value is -3.22. The van der Waals surface area contributed by atoms with Gasteiger partial charge in [0.15, 0.2) is 11.5 Å². The summed E-state index contributed by atoms with van der Waals surface area (Å²) in [6, 6.07) is 11.5. The van der Waals surface area contributed by atoms with E-state index < -0.39 is 5.78 Å². The van der Waals surface area contributed by atoms with Crippen LogP contribution in [0.4, 0.5) is 0 Å². The number of benzene rings is 1. The van der Waals surface area contributed by atoms with E-state index >= 15 is 0 Å². The number of furan rings is 1. The molecule has 3 rings (SSSR count). The average molecular weight is 296 g/mol. The fraction of sp³-hybridized carbons (Fsp3) is 0.0667. The number of carbonyl (C=O) groups is 1. The quantitative estimate of drug-likeness (QED) is 0.424. The lowest BCUT2D eigenvalue weighted by Gasteiger charge is -2.01. The molecule has 0 aliphatic carbocycles. The molecular formula is C15H12N4O3. The highest BCUT2D eigenvalue weighted by atomic mass is 16.3. The van der Waals surface area contributed by atoms with Crippen LogP contribution in [0.3, 0.4) is 0 Å². The number of ketones is 1. The molecule has 2 aromatic heterocycles. The lowest BCUT2D eigenvalue weighted by Crippen LogP contribution is -2.00. The van der Waals surface area contributed by atoms with Crippen molar-refractivity contribution in [1.82, 2.24) is 20.6 Å². The van der Waals surface area contributed by atoms with Crippen molar-refractivity contribution in [3.8, 4) is 0 Å². The van der Waals surface area contributed by atoms with E-state index in [0.717, 1.165) is 17.2 Å². The van der Waals surface area contributed by atoms with Gasteiger partial charge in [-0.05, 0) is 16.8 Å². The summed E-state index contributed by atoms with van der Waals surface area (Å²) in [5.74, 6) is -0.706. The van der Waals surface area contributed by atoms with Crippen LogP contribution in [0.1, 0.15) is 27.5 Å². The van der Waals surface area contributed by atoms with Crippen molar-refractivity contribution in [2.24, 2.45) is 0 Å². The van der Waals surface area contributed by atoms with Gasteiger partial charge < -0.3 is 9.52 Å². The van der Waals surface area contributed by atoms with E-state index in [0.29, 0.717) is 6.42 Å². The fourth-order valence-electron chi connectivity index (χ4n) is 2.03. The third-order valence-electron chi connectivity index (χ3n) is 3.05. The van der Waals surface area contributed by atoms with Crippen molar-refractivity contribution in [1.29, 1.82) is 0 Å². The lowest BCUT2D eigenvalue weighted by molar-refractivity contribution is 0.102. The zero-order valence-electron chi connectivity index (χ0n) is 11.4. The van der Waals surface area contributed by atoms with Gasteiger partial charge in [0.05, 0.1) is 6.26 Å². The van der Waals surface area contributed by atoms with Gasteiger partial charge in [-0.2, -0.15) is 5.21 Å². The number of aromatic amines is 1. The Bertz CT molecular complexity index is 791. The Labute approximate surface area is 125 Å². The highest BCUT2D eigenvalue weighted by Crippen LogP contribution is 2.18. The molecule has 1 aromatic carbocycles. The minimum Gasteiger partial charge on any atom is -0.504 e. The van der Waals surface area contributed by atoms with Gasteiger partial charge in [-0.15, -0.1) is 10.2 Å². The maximum atomic E-state index is 12.2. The van der Waals surface area contributed by atoms with Crippen molar-refractivity contribution in [3.05, 3.63) is 71.4 Å². The van der Waals surface area contributed by atoms with Gasteiger partial charge in [0.1, 0.15) is 0 Å². The number of carbonyl (C=O) groups excluding carboxylic acids is 1. The Morgan fingerprint density at radius 3 is 2.82 bits per heavy atom. The summed E-state index contributed by atoms with van der Waals surface area (Å²) in [6.07, 6.45) is 3.03. The highest BCUT2D eigenvalue weighted by molar-refractivity contribution is 6.06. The van der Waals surface area contributed by atoms with Crippen LogP contribution in [0.15, 0.2) is 53.2 Å². The summed E-state index contributed by atoms with van der Waals surface area (Å²) >= 11 is 0. The maximum Gasteiger partial charge on any atom is 0.239 e. The Balaban J connectivity index is 1.82. The third kappa shape index (κ3) is 2.93. The largest absolute Gasteiger partial charge is 0.504 e. The van der Waals surface area contributed by atoms with Crippen LogP contribution in [0.2, 0.25) is 0 Å². The minimum absolute atomic E-state index is 0.0514. The molecule has 7 nitrogen and oxygen atoms in total. The lowest BCUT2D eigenvalue weighted by atomic mass is 10.0. The number of hydrogen-bond donors (Lipinski definition) is 2. The maximum absolute atomic E-state index is 12.2. The van der Waals surface area contributed by atoms with Crippen molar-refractivity contribution in [2.45, 2.75) is 6.42 Å². The summed E-state index contributed by atoms with van der Waals surface area (Å²) < 4.78 is 5.25. The molecule has 110 valence electrons. The number of aliphatic hydroxyl groups is 1. The predicted octanol–water partition coefficient (Wildman–Crippen LogP) is 2.17. The molecule has 7 heteroatoms. The topological polar surface area (TPSA) is 105 Å². The molecule has 0 saturated heterocycles. The number of H-pyrrole nitrogens is 1. The molecule has 0 aliphatic heterocycles. The van der Waals surface area contributed by atoms with Gasteiger partial charge in [-0.25, -0.2) is 0 Å². The monoisotopic (exact) mass is 296 g/mol. The Morgan fingerprint density at radius 1 is 1.27 bits per heavy atom. The van der Waals surface area contributed by atoms with Gasteiger partial charge in [-0.1, -0.05) is 30.3 Å². The number of nitrogens with one attached hydrogen (secondary N) is 1. The molecular weight excluding hydrogens is 284 g/mol. The SMILES string of the molecule is O=C(C=C(O)c1nn[nH]n1)c1occc1Cc1ccccc1. The molecule has 0 unspecified atom stereocenters. The smallest absolute Gasteiger partial charge is 0.239 e. The van der Waals surface area contributed by atoms with E-state index in [9.17, 15) is 9.90 Å². The first-order valence-corrected chi connectivity index (χ1v) is 6.53. The first kappa shape index (κ1) is 13.7. The number of aliphatic hydroxyl groups excluding tert-OH is 1. The van der Waals surface area contributed by atoms with E-state index in [1.165, 1.54) is 6.26 Å². The number of nitrogens with zero attached hydrogens (tertiary/aromatic N) is 3. The van der Waals surface area contributed by atoms with Crippen LogP contribution >= 0.6 is 0 Å². The number of aromatic nitrogens is 4. The molecule has 2 heterocycles. The molecule has 0 radical (unpaired) electrons. The standard InChI is InChI=1S/C15H12N4O3/c20-12(9-13(21)15-16-18-19-17-15)14-11(6-7-22-14)8-10-4-2-1-3-5-10/h1-7,9,21H,8H2,(H,16,17,18,19). The molecule has 0 fully saturated rings. The molecule has 22 heavy (non-hydrogen) atoms. The number of allylic oxidation sites excluding steroid dienone is 1. The van der Waals surface area contributed by atoms with Crippen molar-refractivity contribution >= 4 is 11.5 Å². The summed E-state index contributed by atoms with van der Waals surface area (Å²) in [5, 5.41) is 22.5. The summed E-state index contributed by atoms with van der Waals surface area (Å²) in [6.45, 7) is 0. The first-order valence-electron chi connectivity index (χ1n) is 6.53. The highest BCUT2D eigenvalue weighted by Gasteiger charge is 2.16. The molecule has 0 amide bonds. The summed E-state index contributed by atoms with van der Waals surface area (Å²) in [5.41, 5.74) is 1.80. The average Bonchev–Trinajstić information content (AvgIpc) is 3.19. The summed E-state index contributed by atoms with van der Waals surface area (Å²) in [7, 11) is 0. The Kier molecular flexibility index (Phi) is 3.78. The molecule has 3 aromatic rings. The van der Waals surface area contributed by atoms with Crippen molar-refractivity contribution < 1.29 is 14.3 Å². The molecule has 0 bridgehead atoms. The van der Waals surface area contributed by atoms with Crippen LogP contribution < -0.4 is 0 Å². The second-order valence-electron chi connectivity index (χ2n) is 4.57. The Morgan fingerprint density at radius 2 is 2.09 bits per heavy atom. The third-order valence-corrected chi connectivity index (χ3v) is 3.05. The van der Waals surface area contributed by atoms with Crippen molar-refractivity contribution in [2.75, 3.05) is 0 Å². The second kappa shape index (κ2) is 6.04. The summed E-state index contributed by atoms with van der Waals surface area (Å²) in [4.78, 5) is 12.2. The zero-order valence-corrected chi connectivity index (χ0v) is 11.4. The minimum atomic E-state index is -0.460.